The Labute approximate surface area is 220 Å². The highest BCUT2D eigenvalue weighted by atomic mass is 35.5. The van der Waals surface area contributed by atoms with Gasteiger partial charge in [-0.1, -0.05) is 48.0 Å². The van der Waals surface area contributed by atoms with E-state index in [2.05, 4.69) is 6.58 Å². The molecular formula is C28H29ClN2O6. The molecule has 6 atom stereocenters. The van der Waals surface area contributed by atoms with Crippen LogP contribution in [0.4, 0.5) is 5.69 Å². The molecule has 8 nitrogen and oxygen atoms in total. The van der Waals surface area contributed by atoms with Crippen molar-refractivity contribution in [1.82, 2.24) is 4.90 Å². The zero-order valence-electron chi connectivity index (χ0n) is 20.4. The van der Waals surface area contributed by atoms with Crippen LogP contribution in [0.5, 0.6) is 0 Å². The minimum absolute atomic E-state index is 0.147. The normalized spacial score (nSPS) is 30.7. The quantitative estimate of drug-likeness (QED) is 0.512. The van der Waals surface area contributed by atoms with Crippen molar-refractivity contribution in [1.29, 1.82) is 0 Å². The van der Waals surface area contributed by atoms with E-state index >= 15 is 0 Å². The summed E-state index contributed by atoms with van der Waals surface area (Å²) < 4.78 is 6.47. The van der Waals surface area contributed by atoms with Gasteiger partial charge in [-0.05, 0) is 49.6 Å². The van der Waals surface area contributed by atoms with Gasteiger partial charge in [0.25, 0.3) is 5.91 Å². The second-order valence-corrected chi connectivity index (χ2v) is 10.6. The van der Waals surface area contributed by atoms with Gasteiger partial charge in [0, 0.05) is 17.3 Å². The van der Waals surface area contributed by atoms with Crippen LogP contribution >= 0.6 is 11.6 Å². The summed E-state index contributed by atoms with van der Waals surface area (Å²) in [4.78, 5) is 43.9. The van der Waals surface area contributed by atoms with Gasteiger partial charge in [-0.25, -0.2) is 0 Å². The Morgan fingerprint density at radius 3 is 2.49 bits per heavy atom. The number of carboxylic acids is 1. The molecule has 3 aliphatic heterocycles. The van der Waals surface area contributed by atoms with E-state index in [1.54, 1.807) is 61.5 Å². The number of carbonyl (C=O) groups excluding carboxylic acids is 2. The predicted molar refractivity (Wildman–Crippen MR) is 137 cm³/mol. The Bertz CT molecular complexity index is 1240. The molecule has 0 aliphatic carbocycles. The molecular weight excluding hydrogens is 496 g/mol. The molecule has 2 aromatic carbocycles. The molecule has 0 saturated carbocycles. The molecule has 1 spiro atoms. The van der Waals surface area contributed by atoms with Crippen LogP contribution in [-0.4, -0.2) is 63.3 Å². The first-order valence-electron chi connectivity index (χ1n) is 12.3. The summed E-state index contributed by atoms with van der Waals surface area (Å²) >= 11 is 6.07. The van der Waals surface area contributed by atoms with Crippen molar-refractivity contribution in [3.63, 3.8) is 0 Å². The highest BCUT2D eigenvalue weighted by Gasteiger charge is 2.79. The number of amides is 2. The number of anilines is 1. The molecule has 0 radical (unpaired) electrons. The number of fused-ring (bicyclic) bond motifs is 1. The SMILES string of the molecule is C=CCN(C(=O)C1N([C@H](CO)c2ccccc2)C(=O)[C@@H]2[C@@H](C(=O)O)[C@@]3(C)CCC12O3)c1ccc(Cl)cc1. The minimum Gasteiger partial charge on any atom is -0.481 e. The maximum Gasteiger partial charge on any atom is 0.310 e. The molecule has 37 heavy (non-hydrogen) atoms. The number of aliphatic carboxylic acids is 1. The maximum absolute atomic E-state index is 14.5. The van der Waals surface area contributed by atoms with E-state index in [9.17, 15) is 24.6 Å². The van der Waals surface area contributed by atoms with E-state index in [4.69, 9.17) is 16.3 Å². The van der Waals surface area contributed by atoms with Gasteiger partial charge in [0.15, 0.2) is 0 Å². The lowest BCUT2D eigenvalue weighted by molar-refractivity contribution is -0.155. The summed E-state index contributed by atoms with van der Waals surface area (Å²) in [6.45, 7) is 5.20. The van der Waals surface area contributed by atoms with Gasteiger partial charge in [0.2, 0.25) is 5.91 Å². The number of nitrogens with zero attached hydrogens (tertiary/aromatic N) is 2. The van der Waals surface area contributed by atoms with E-state index in [0.717, 1.165) is 0 Å². The first-order chi connectivity index (χ1) is 17.7. The fourth-order valence-electron chi connectivity index (χ4n) is 6.60. The summed E-state index contributed by atoms with van der Waals surface area (Å²) in [6.07, 6.45) is 2.34. The van der Waals surface area contributed by atoms with E-state index < -0.39 is 59.5 Å². The molecule has 3 fully saturated rings. The van der Waals surface area contributed by atoms with Crippen LogP contribution in [0.3, 0.4) is 0 Å². The minimum atomic E-state index is -1.33. The number of benzene rings is 2. The largest absolute Gasteiger partial charge is 0.481 e. The molecule has 3 heterocycles. The standard InChI is InChI=1S/C28H29ClN2O6/c1-3-15-30(19-11-9-18(29)10-12-19)25(34)23-28-14-13-27(2,37-28)22(26(35)36)21(28)24(33)31(23)20(16-32)17-7-5-4-6-8-17/h3-12,20-23,32H,1,13-16H2,2H3,(H,35,36)/t20-,21+,22+,23?,27-,28?/m1/s1. The van der Waals surface area contributed by atoms with Gasteiger partial charge in [-0.3, -0.25) is 14.4 Å². The molecule has 3 saturated heterocycles. The Morgan fingerprint density at radius 1 is 1.22 bits per heavy atom. The number of rotatable bonds is 8. The Hall–Kier alpha value is -3.20. The van der Waals surface area contributed by atoms with Gasteiger partial charge in [0.05, 0.1) is 30.1 Å². The van der Waals surface area contributed by atoms with Gasteiger partial charge < -0.3 is 24.7 Å². The lowest BCUT2D eigenvalue weighted by Gasteiger charge is -2.39. The smallest absolute Gasteiger partial charge is 0.310 e. The van der Waals surface area contributed by atoms with Gasteiger partial charge >= 0.3 is 5.97 Å². The molecule has 3 aliphatic rings. The number of hydrogen-bond acceptors (Lipinski definition) is 5. The van der Waals surface area contributed by atoms with Crippen molar-refractivity contribution in [3.8, 4) is 0 Å². The van der Waals surface area contributed by atoms with Crippen molar-refractivity contribution in [2.45, 2.75) is 43.1 Å². The molecule has 2 N–H and O–H groups in total. The number of aliphatic hydroxyl groups is 1. The van der Waals surface area contributed by atoms with E-state index in [1.165, 1.54) is 9.80 Å². The zero-order valence-corrected chi connectivity index (χ0v) is 21.2. The third-order valence-corrected chi connectivity index (χ3v) is 8.38. The van der Waals surface area contributed by atoms with Crippen LogP contribution in [0.15, 0.2) is 67.3 Å². The summed E-state index contributed by atoms with van der Waals surface area (Å²) in [5, 5.41) is 21.2. The summed E-state index contributed by atoms with van der Waals surface area (Å²) in [6, 6.07) is 13.7. The molecule has 2 amide bonds. The average Bonchev–Trinajstić information content (AvgIpc) is 3.45. The molecule has 2 bridgehead atoms. The molecule has 9 heteroatoms. The monoisotopic (exact) mass is 524 g/mol. The molecule has 5 rings (SSSR count). The van der Waals surface area contributed by atoms with Crippen LogP contribution < -0.4 is 4.90 Å². The number of carbonyl (C=O) groups is 3. The van der Waals surface area contributed by atoms with Crippen molar-refractivity contribution < 1.29 is 29.3 Å². The number of aliphatic hydroxyl groups excluding tert-OH is 1. The van der Waals surface area contributed by atoms with Crippen LogP contribution in [0.1, 0.15) is 31.4 Å². The number of hydrogen-bond donors (Lipinski definition) is 2. The summed E-state index contributed by atoms with van der Waals surface area (Å²) in [7, 11) is 0. The second kappa shape index (κ2) is 9.28. The van der Waals surface area contributed by atoms with Crippen LogP contribution in [0.2, 0.25) is 5.02 Å². The van der Waals surface area contributed by atoms with E-state index in [1.807, 2.05) is 6.07 Å². The predicted octanol–water partition coefficient (Wildman–Crippen LogP) is 3.44. The van der Waals surface area contributed by atoms with Gasteiger partial charge in [-0.15, -0.1) is 6.58 Å². The average molecular weight is 525 g/mol. The lowest BCUT2D eigenvalue weighted by Crippen LogP contribution is -2.57. The van der Waals surface area contributed by atoms with Crippen molar-refractivity contribution in [2.24, 2.45) is 11.8 Å². The van der Waals surface area contributed by atoms with Crippen LogP contribution in [-0.2, 0) is 19.1 Å². The first-order valence-corrected chi connectivity index (χ1v) is 12.6. The fraction of sp³-hybridized carbons (Fsp3) is 0.393. The molecule has 2 aromatic rings. The summed E-state index contributed by atoms with van der Waals surface area (Å²) in [5.74, 6) is -4.20. The lowest BCUT2D eigenvalue weighted by atomic mass is 9.66. The number of ether oxygens (including phenoxy) is 1. The highest BCUT2D eigenvalue weighted by Crippen LogP contribution is 2.64. The molecule has 0 aromatic heterocycles. The third kappa shape index (κ3) is 3.77. The Morgan fingerprint density at radius 2 is 1.89 bits per heavy atom. The number of carboxylic acid groups (broad SMARTS) is 1. The molecule has 2 unspecified atom stereocenters. The van der Waals surface area contributed by atoms with Crippen molar-refractivity contribution >= 4 is 35.1 Å². The van der Waals surface area contributed by atoms with Crippen molar-refractivity contribution in [2.75, 3.05) is 18.1 Å². The third-order valence-electron chi connectivity index (χ3n) is 8.12. The van der Waals surface area contributed by atoms with Gasteiger partial charge in [0.1, 0.15) is 11.6 Å². The number of likely N-dealkylation sites (tertiary alicyclic amines) is 1. The van der Waals surface area contributed by atoms with Crippen LogP contribution in [0, 0.1) is 11.8 Å². The fourth-order valence-corrected chi connectivity index (χ4v) is 6.73. The van der Waals surface area contributed by atoms with Crippen molar-refractivity contribution in [3.05, 3.63) is 77.8 Å². The topological polar surface area (TPSA) is 107 Å². The van der Waals surface area contributed by atoms with E-state index in [-0.39, 0.29) is 6.54 Å². The van der Waals surface area contributed by atoms with Crippen LogP contribution in [0.25, 0.3) is 0 Å². The Kier molecular flexibility index (Phi) is 6.38. The second-order valence-electron chi connectivity index (χ2n) is 10.1. The maximum atomic E-state index is 14.5. The van der Waals surface area contributed by atoms with E-state index in [0.29, 0.717) is 29.1 Å². The Balaban J connectivity index is 1.67. The zero-order chi connectivity index (χ0) is 26.5. The highest BCUT2D eigenvalue weighted by molar-refractivity contribution is 6.30. The number of halogens is 1. The van der Waals surface area contributed by atoms with Gasteiger partial charge in [-0.2, -0.15) is 0 Å². The first kappa shape index (κ1) is 25.4. The molecule has 194 valence electrons. The summed E-state index contributed by atoms with van der Waals surface area (Å²) in [5.41, 5.74) is -1.21.